The quantitative estimate of drug-likeness (QED) is 0.867. The largest absolute Gasteiger partial charge is 0.477 e. The van der Waals surface area contributed by atoms with E-state index in [0.29, 0.717) is 0 Å². The molecule has 0 aromatic carbocycles. The molecule has 0 aliphatic carbocycles. The van der Waals surface area contributed by atoms with E-state index >= 15 is 0 Å². The molecule has 2 aromatic heterocycles. The molecular weight excluding hydrogens is 288 g/mol. The van der Waals surface area contributed by atoms with Crippen molar-refractivity contribution in [2.24, 2.45) is 0 Å². The Morgan fingerprint density at radius 3 is 2.84 bits per heavy atom. The third kappa shape index (κ3) is 3.37. The molecule has 0 saturated heterocycles. The van der Waals surface area contributed by atoms with Crippen molar-refractivity contribution in [3.05, 3.63) is 46.4 Å². The fourth-order valence-corrected chi connectivity index (χ4v) is 3.47. The summed E-state index contributed by atoms with van der Waals surface area (Å²) in [5.74, 6) is -1.14. The van der Waals surface area contributed by atoms with E-state index in [1.807, 2.05) is 0 Å². The normalized spacial score (nSPS) is 11.4. The van der Waals surface area contributed by atoms with E-state index in [4.69, 9.17) is 5.11 Å². The number of hydrogen-bond acceptors (Lipinski definition) is 5. The molecule has 0 radical (unpaired) electrons. The Morgan fingerprint density at radius 1 is 1.47 bits per heavy atom. The Bertz CT molecular complexity index is 680. The Hall–Kier alpha value is -1.77. The van der Waals surface area contributed by atoms with Crippen LogP contribution in [0.1, 0.15) is 15.2 Å². The van der Waals surface area contributed by atoms with Gasteiger partial charge in [0.15, 0.2) is 0 Å². The molecule has 0 unspecified atom stereocenters. The second-order valence-corrected chi connectivity index (χ2v) is 6.32. The summed E-state index contributed by atoms with van der Waals surface area (Å²) in [5.41, 5.74) is 0.722. The van der Waals surface area contributed by atoms with E-state index in [1.54, 1.807) is 24.5 Å². The Labute approximate surface area is 113 Å². The first kappa shape index (κ1) is 13.7. The molecule has 0 aliphatic rings. The average Bonchev–Trinajstić information content (AvgIpc) is 2.88. The van der Waals surface area contributed by atoms with Gasteiger partial charge in [0.25, 0.3) is 0 Å². The van der Waals surface area contributed by atoms with E-state index in [1.165, 1.54) is 5.38 Å². The molecule has 2 aromatic rings. The third-order valence-electron chi connectivity index (χ3n) is 2.29. The molecule has 8 heteroatoms. The van der Waals surface area contributed by atoms with Crippen LogP contribution in [0.5, 0.6) is 0 Å². The molecule has 2 heterocycles. The van der Waals surface area contributed by atoms with Gasteiger partial charge in [-0.25, -0.2) is 17.9 Å². The first-order valence-electron chi connectivity index (χ1n) is 5.19. The van der Waals surface area contributed by atoms with Gasteiger partial charge in [0.2, 0.25) is 10.0 Å². The Balaban J connectivity index is 2.12. The summed E-state index contributed by atoms with van der Waals surface area (Å²) in [5, 5.41) is 10.1. The molecule has 0 atom stereocenters. The van der Waals surface area contributed by atoms with Crippen LogP contribution in [0.15, 0.2) is 40.9 Å². The van der Waals surface area contributed by atoms with Crippen LogP contribution >= 0.6 is 11.3 Å². The number of pyridine rings is 1. The van der Waals surface area contributed by atoms with Gasteiger partial charge < -0.3 is 5.11 Å². The van der Waals surface area contributed by atoms with Gasteiger partial charge in [-0.1, -0.05) is 6.07 Å². The summed E-state index contributed by atoms with van der Waals surface area (Å²) in [6.07, 6.45) is 3.15. The fraction of sp³-hybridized carbons (Fsp3) is 0.0909. The number of rotatable bonds is 5. The van der Waals surface area contributed by atoms with Crippen molar-refractivity contribution >= 4 is 27.3 Å². The number of carboxylic acids is 1. The molecular formula is C11H10N2O4S2. The van der Waals surface area contributed by atoms with Crippen molar-refractivity contribution in [2.45, 2.75) is 11.4 Å². The SMILES string of the molecule is O=C(O)c1cc(S(=O)(=O)NCc2cccnc2)cs1. The van der Waals surface area contributed by atoms with Gasteiger partial charge in [0.1, 0.15) is 4.88 Å². The second kappa shape index (κ2) is 5.47. The number of carboxylic acid groups (broad SMARTS) is 1. The van der Waals surface area contributed by atoms with E-state index in [2.05, 4.69) is 9.71 Å². The lowest BCUT2D eigenvalue weighted by Gasteiger charge is -2.04. The molecule has 0 aliphatic heterocycles. The van der Waals surface area contributed by atoms with E-state index in [0.717, 1.165) is 23.0 Å². The number of aromatic nitrogens is 1. The summed E-state index contributed by atoms with van der Waals surface area (Å²) in [7, 11) is -3.70. The number of sulfonamides is 1. The molecule has 19 heavy (non-hydrogen) atoms. The predicted octanol–water partition coefficient (Wildman–Crippen LogP) is 1.32. The Morgan fingerprint density at radius 2 is 2.26 bits per heavy atom. The van der Waals surface area contributed by atoms with Crippen LogP contribution in [0.2, 0.25) is 0 Å². The van der Waals surface area contributed by atoms with Gasteiger partial charge in [0.05, 0.1) is 4.90 Å². The molecule has 0 saturated carbocycles. The lowest BCUT2D eigenvalue weighted by atomic mass is 10.3. The van der Waals surface area contributed by atoms with Crippen molar-refractivity contribution in [1.82, 2.24) is 9.71 Å². The van der Waals surface area contributed by atoms with Gasteiger partial charge in [-0.15, -0.1) is 11.3 Å². The highest BCUT2D eigenvalue weighted by atomic mass is 32.2. The van der Waals surface area contributed by atoms with E-state index < -0.39 is 16.0 Å². The van der Waals surface area contributed by atoms with Gasteiger partial charge in [-0.2, -0.15) is 0 Å². The predicted molar refractivity (Wildman–Crippen MR) is 69.5 cm³/mol. The molecule has 6 nitrogen and oxygen atoms in total. The van der Waals surface area contributed by atoms with Crippen LogP contribution in [-0.4, -0.2) is 24.5 Å². The van der Waals surface area contributed by atoms with Gasteiger partial charge in [-0.05, 0) is 17.7 Å². The number of carbonyl (C=O) groups is 1. The highest BCUT2D eigenvalue weighted by Gasteiger charge is 2.18. The van der Waals surface area contributed by atoms with Crippen LogP contribution in [0.3, 0.4) is 0 Å². The number of thiophene rings is 1. The average molecular weight is 298 g/mol. The van der Waals surface area contributed by atoms with Crippen molar-refractivity contribution in [1.29, 1.82) is 0 Å². The van der Waals surface area contributed by atoms with Gasteiger partial charge >= 0.3 is 5.97 Å². The summed E-state index contributed by atoms with van der Waals surface area (Å²) in [6.45, 7) is 0.106. The van der Waals surface area contributed by atoms with Crippen molar-refractivity contribution in [3.63, 3.8) is 0 Å². The van der Waals surface area contributed by atoms with Crippen molar-refractivity contribution in [3.8, 4) is 0 Å². The van der Waals surface area contributed by atoms with Crippen LogP contribution < -0.4 is 4.72 Å². The van der Waals surface area contributed by atoms with Crippen LogP contribution in [0.25, 0.3) is 0 Å². The van der Waals surface area contributed by atoms with Gasteiger partial charge in [-0.3, -0.25) is 4.98 Å². The highest BCUT2D eigenvalue weighted by Crippen LogP contribution is 2.19. The number of aromatic carboxylic acids is 1. The maximum absolute atomic E-state index is 11.9. The molecule has 0 bridgehead atoms. The third-order valence-corrected chi connectivity index (χ3v) is 4.73. The van der Waals surface area contributed by atoms with E-state index in [9.17, 15) is 13.2 Å². The molecule has 2 rings (SSSR count). The second-order valence-electron chi connectivity index (χ2n) is 3.64. The summed E-state index contributed by atoms with van der Waals surface area (Å²) in [6, 6.07) is 4.58. The van der Waals surface area contributed by atoms with Crippen LogP contribution in [0, 0.1) is 0 Å². The minimum atomic E-state index is -3.70. The molecule has 0 fully saturated rings. The first-order valence-corrected chi connectivity index (χ1v) is 7.56. The van der Waals surface area contributed by atoms with Crippen LogP contribution in [-0.2, 0) is 16.6 Å². The smallest absolute Gasteiger partial charge is 0.345 e. The standard InChI is InChI=1S/C11H10N2O4S2/c14-11(15)10-4-9(7-18-10)19(16,17)13-6-8-2-1-3-12-5-8/h1-5,7,13H,6H2,(H,14,15). The molecule has 0 amide bonds. The summed E-state index contributed by atoms with van der Waals surface area (Å²) >= 11 is 0.875. The van der Waals surface area contributed by atoms with Crippen LogP contribution in [0.4, 0.5) is 0 Å². The maximum Gasteiger partial charge on any atom is 0.345 e. The summed E-state index contributed by atoms with van der Waals surface area (Å²) in [4.78, 5) is 14.5. The zero-order valence-electron chi connectivity index (χ0n) is 9.61. The minimum Gasteiger partial charge on any atom is -0.477 e. The zero-order chi connectivity index (χ0) is 13.9. The topological polar surface area (TPSA) is 96.4 Å². The Kier molecular flexibility index (Phi) is 3.93. The monoisotopic (exact) mass is 298 g/mol. The summed E-state index contributed by atoms with van der Waals surface area (Å²) < 4.78 is 26.2. The van der Waals surface area contributed by atoms with Crippen molar-refractivity contribution < 1.29 is 18.3 Å². The molecule has 0 spiro atoms. The zero-order valence-corrected chi connectivity index (χ0v) is 11.2. The first-order chi connectivity index (χ1) is 8.99. The molecule has 100 valence electrons. The lowest BCUT2D eigenvalue weighted by Crippen LogP contribution is -2.22. The molecule has 2 N–H and O–H groups in total. The maximum atomic E-state index is 11.9. The highest BCUT2D eigenvalue weighted by molar-refractivity contribution is 7.89. The number of nitrogens with zero attached hydrogens (tertiary/aromatic N) is 1. The van der Waals surface area contributed by atoms with Crippen molar-refractivity contribution in [2.75, 3.05) is 0 Å². The fourth-order valence-electron chi connectivity index (χ4n) is 1.34. The lowest BCUT2D eigenvalue weighted by molar-refractivity contribution is 0.0702. The van der Waals surface area contributed by atoms with E-state index in [-0.39, 0.29) is 16.3 Å². The minimum absolute atomic E-state index is 0.0123. The number of hydrogen-bond donors (Lipinski definition) is 2. The number of nitrogens with one attached hydrogen (secondary N) is 1. The van der Waals surface area contributed by atoms with Gasteiger partial charge in [0, 0.05) is 24.3 Å².